The highest BCUT2D eigenvalue weighted by Gasteiger charge is 2.14. The predicted octanol–water partition coefficient (Wildman–Crippen LogP) is 4.26. The molecule has 1 aliphatic rings. The van der Waals surface area contributed by atoms with Crippen molar-refractivity contribution in [2.75, 3.05) is 18.0 Å². The SMILES string of the molecule is C=C(C(C)=O)c1cc(-c2cncc(N3CCCC3)c2)ccc1C. The molecule has 3 heteroatoms. The molecule has 1 aromatic carbocycles. The highest BCUT2D eigenvalue weighted by Crippen LogP contribution is 2.29. The van der Waals surface area contributed by atoms with Crippen molar-refractivity contribution in [1.29, 1.82) is 0 Å². The second-order valence-corrected chi connectivity index (χ2v) is 6.19. The largest absolute Gasteiger partial charge is 0.370 e. The van der Waals surface area contributed by atoms with Gasteiger partial charge in [0.1, 0.15) is 0 Å². The third-order valence-electron chi connectivity index (χ3n) is 4.52. The molecule has 0 radical (unpaired) electrons. The first-order valence-corrected chi connectivity index (χ1v) is 8.07. The monoisotopic (exact) mass is 306 g/mol. The number of ketones is 1. The normalized spacial score (nSPS) is 14.1. The minimum Gasteiger partial charge on any atom is -0.370 e. The average Bonchev–Trinajstić information content (AvgIpc) is 3.09. The van der Waals surface area contributed by atoms with Crippen LogP contribution in [-0.2, 0) is 4.79 Å². The smallest absolute Gasteiger partial charge is 0.159 e. The molecule has 0 saturated carbocycles. The van der Waals surface area contributed by atoms with Crippen molar-refractivity contribution in [2.24, 2.45) is 0 Å². The lowest BCUT2D eigenvalue weighted by Crippen LogP contribution is -2.17. The minimum atomic E-state index is 0.00851. The van der Waals surface area contributed by atoms with Gasteiger partial charge >= 0.3 is 0 Å². The zero-order valence-corrected chi connectivity index (χ0v) is 13.8. The summed E-state index contributed by atoms with van der Waals surface area (Å²) in [5, 5.41) is 0. The Bertz CT molecular complexity index is 758. The van der Waals surface area contributed by atoms with Gasteiger partial charge in [0.15, 0.2) is 5.78 Å². The van der Waals surface area contributed by atoms with E-state index in [1.807, 2.05) is 31.5 Å². The number of pyridine rings is 1. The Morgan fingerprint density at radius 1 is 1.13 bits per heavy atom. The summed E-state index contributed by atoms with van der Waals surface area (Å²) in [5.74, 6) is 0.00851. The van der Waals surface area contributed by atoms with Gasteiger partial charge in [-0.25, -0.2) is 0 Å². The van der Waals surface area contributed by atoms with Crippen molar-refractivity contribution >= 4 is 17.0 Å². The lowest BCUT2D eigenvalue weighted by atomic mass is 9.95. The topological polar surface area (TPSA) is 33.2 Å². The molecule has 1 aromatic heterocycles. The second kappa shape index (κ2) is 6.37. The van der Waals surface area contributed by atoms with E-state index >= 15 is 0 Å². The minimum absolute atomic E-state index is 0.00851. The molecule has 0 bridgehead atoms. The van der Waals surface area contributed by atoms with Crippen molar-refractivity contribution in [2.45, 2.75) is 26.7 Å². The number of Topliss-reactive ketones (excluding diaryl/α,β-unsaturated/α-hetero) is 1. The van der Waals surface area contributed by atoms with E-state index in [4.69, 9.17) is 0 Å². The first-order chi connectivity index (χ1) is 11.1. The van der Waals surface area contributed by atoms with Gasteiger partial charge in [-0.3, -0.25) is 9.78 Å². The van der Waals surface area contributed by atoms with Crippen LogP contribution >= 0.6 is 0 Å². The number of anilines is 1. The average molecular weight is 306 g/mol. The second-order valence-electron chi connectivity index (χ2n) is 6.19. The Morgan fingerprint density at radius 2 is 1.87 bits per heavy atom. The third kappa shape index (κ3) is 3.19. The molecule has 23 heavy (non-hydrogen) atoms. The van der Waals surface area contributed by atoms with Gasteiger partial charge in [0, 0.05) is 30.4 Å². The van der Waals surface area contributed by atoms with E-state index in [-0.39, 0.29) is 5.78 Å². The van der Waals surface area contributed by atoms with Gasteiger partial charge in [0.25, 0.3) is 0 Å². The molecule has 0 unspecified atom stereocenters. The first-order valence-electron chi connectivity index (χ1n) is 8.07. The fourth-order valence-electron chi connectivity index (χ4n) is 3.05. The van der Waals surface area contributed by atoms with Crippen molar-refractivity contribution in [3.8, 4) is 11.1 Å². The molecular formula is C20H22N2O. The number of carbonyl (C=O) groups excluding carboxylic acids is 1. The van der Waals surface area contributed by atoms with Gasteiger partial charge in [0.2, 0.25) is 0 Å². The Labute approximate surface area is 137 Å². The van der Waals surface area contributed by atoms with Crippen LogP contribution < -0.4 is 4.90 Å². The molecule has 0 N–H and O–H groups in total. The van der Waals surface area contributed by atoms with Crippen LogP contribution in [0.1, 0.15) is 30.9 Å². The summed E-state index contributed by atoms with van der Waals surface area (Å²) in [7, 11) is 0. The number of hydrogen-bond donors (Lipinski definition) is 0. The van der Waals surface area contributed by atoms with Crippen LogP contribution in [0, 0.1) is 6.92 Å². The van der Waals surface area contributed by atoms with E-state index in [2.05, 4.69) is 28.6 Å². The highest BCUT2D eigenvalue weighted by molar-refractivity contribution is 6.19. The van der Waals surface area contributed by atoms with Crippen LogP contribution in [0.15, 0.2) is 43.2 Å². The van der Waals surface area contributed by atoms with Crippen molar-refractivity contribution in [1.82, 2.24) is 4.98 Å². The van der Waals surface area contributed by atoms with E-state index in [1.165, 1.54) is 18.5 Å². The van der Waals surface area contributed by atoms with E-state index in [1.54, 1.807) is 6.92 Å². The Balaban J connectivity index is 1.98. The molecule has 1 aliphatic heterocycles. The van der Waals surface area contributed by atoms with Crippen LogP contribution in [-0.4, -0.2) is 23.9 Å². The van der Waals surface area contributed by atoms with Gasteiger partial charge < -0.3 is 4.90 Å². The van der Waals surface area contributed by atoms with Gasteiger partial charge in [-0.1, -0.05) is 18.7 Å². The summed E-state index contributed by atoms with van der Waals surface area (Å²) < 4.78 is 0. The standard InChI is InChI=1S/C20H22N2O/c1-14-6-7-17(11-20(14)15(2)16(3)23)18-10-19(13-21-12-18)22-8-4-5-9-22/h6-7,10-13H,2,4-5,8-9H2,1,3H3. The number of allylic oxidation sites excluding steroid dienone is 1. The molecule has 2 heterocycles. The van der Waals surface area contributed by atoms with Crippen LogP contribution in [0.3, 0.4) is 0 Å². The van der Waals surface area contributed by atoms with Crippen LogP contribution in [0.5, 0.6) is 0 Å². The van der Waals surface area contributed by atoms with Gasteiger partial charge in [0.05, 0.1) is 11.9 Å². The van der Waals surface area contributed by atoms with E-state index in [0.717, 1.165) is 35.3 Å². The molecule has 0 atom stereocenters. The van der Waals surface area contributed by atoms with Gasteiger partial charge in [-0.15, -0.1) is 0 Å². The molecule has 2 aromatic rings. The summed E-state index contributed by atoms with van der Waals surface area (Å²) in [6, 6.07) is 8.35. The first kappa shape index (κ1) is 15.5. The number of carbonyl (C=O) groups is 1. The van der Waals surface area contributed by atoms with E-state index in [0.29, 0.717) is 5.57 Å². The zero-order chi connectivity index (χ0) is 16.4. The zero-order valence-electron chi connectivity index (χ0n) is 13.8. The summed E-state index contributed by atoms with van der Waals surface area (Å²) in [5.41, 5.74) is 5.87. The lowest BCUT2D eigenvalue weighted by molar-refractivity contribution is -0.111. The fourth-order valence-corrected chi connectivity index (χ4v) is 3.05. The Kier molecular flexibility index (Phi) is 4.28. The molecule has 0 amide bonds. The lowest BCUT2D eigenvalue weighted by Gasteiger charge is -2.18. The van der Waals surface area contributed by atoms with Crippen LogP contribution in [0.2, 0.25) is 0 Å². The summed E-state index contributed by atoms with van der Waals surface area (Å²) in [4.78, 5) is 18.4. The van der Waals surface area contributed by atoms with Gasteiger partial charge in [-0.2, -0.15) is 0 Å². The third-order valence-corrected chi connectivity index (χ3v) is 4.52. The molecule has 3 nitrogen and oxygen atoms in total. The summed E-state index contributed by atoms with van der Waals surface area (Å²) in [6.45, 7) is 9.70. The Morgan fingerprint density at radius 3 is 2.57 bits per heavy atom. The van der Waals surface area contributed by atoms with E-state index in [9.17, 15) is 4.79 Å². The summed E-state index contributed by atoms with van der Waals surface area (Å²) >= 11 is 0. The van der Waals surface area contributed by atoms with Crippen LogP contribution in [0.25, 0.3) is 16.7 Å². The summed E-state index contributed by atoms with van der Waals surface area (Å²) in [6.07, 6.45) is 6.30. The number of aromatic nitrogens is 1. The van der Waals surface area contributed by atoms with Crippen LogP contribution in [0.4, 0.5) is 5.69 Å². The van der Waals surface area contributed by atoms with Gasteiger partial charge in [-0.05, 0) is 55.5 Å². The van der Waals surface area contributed by atoms with Crippen molar-refractivity contribution < 1.29 is 4.79 Å². The molecule has 0 aliphatic carbocycles. The maximum atomic E-state index is 11.7. The maximum Gasteiger partial charge on any atom is 0.159 e. The molecule has 1 saturated heterocycles. The van der Waals surface area contributed by atoms with E-state index < -0.39 is 0 Å². The molecular weight excluding hydrogens is 284 g/mol. The molecule has 118 valence electrons. The molecule has 3 rings (SSSR count). The number of aryl methyl sites for hydroxylation is 1. The quantitative estimate of drug-likeness (QED) is 0.791. The number of hydrogen-bond acceptors (Lipinski definition) is 3. The number of benzene rings is 1. The van der Waals surface area contributed by atoms with Crippen molar-refractivity contribution in [3.63, 3.8) is 0 Å². The molecule has 0 spiro atoms. The fraction of sp³-hybridized carbons (Fsp3) is 0.300. The predicted molar refractivity (Wildman–Crippen MR) is 95.6 cm³/mol. The maximum absolute atomic E-state index is 11.7. The molecule has 1 fully saturated rings. The Hall–Kier alpha value is -2.42. The number of nitrogens with zero attached hydrogens (tertiary/aromatic N) is 2. The van der Waals surface area contributed by atoms with Crippen molar-refractivity contribution in [3.05, 3.63) is 54.4 Å². The number of rotatable bonds is 4. The highest BCUT2D eigenvalue weighted by atomic mass is 16.1.